The van der Waals surface area contributed by atoms with Crippen molar-refractivity contribution in [3.05, 3.63) is 59.2 Å². The van der Waals surface area contributed by atoms with E-state index in [2.05, 4.69) is 0 Å². The van der Waals surface area contributed by atoms with Gasteiger partial charge in [0.2, 0.25) is 0 Å². The molecule has 0 aliphatic carbocycles. The molecule has 0 aromatic heterocycles. The minimum Gasteiger partial charge on any atom is -0.483 e. The second-order valence-corrected chi connectivity index (χ2v) is 5.83. The van der Waals surface area contributed by atoms with Crippen molar-refractivity contribution >= 4 is 12.4 Å². The first-order valence-corrected chi connectivity index (χ1v) is 7.87. The quantitative estimate of drug-likeness (QED) is 0.510. The molecule has 2 aromatic carbocycles. The lowest BCUT2D eigenvalue weighted by atomic mass is 9.94. The lowest BCUT2D eigenvalue weighted by Gasteiger charge is -2.31. The van der Waals surface area contributed by atoms with Crippen LogP contribution in [0.4, 0.5) is 0 Å². The summed E-state index contributed by atoms with van der Waals surface area (Å²) in [5.41, 5.74) is 2.40. The summed E-state index contributed by atoms with van der Waals surface area (Å²) in [6.07, 6.45) is -0.866. The number of carbonyl (C=O) groups is 2. The Morgan fingerprint density at radius 1 is 1.32 bits per heavy atom. The van der Waals surface area contributed by atoms with E-state index in [0.29, 0.717) is 30.0 Å². The molecule has 0 amide bonds. The van der Waals surface area contributed by atoms with E-state index >= 15 is 0 Å². The summed E-state index contributed by atoms with van der Waals surface area (Å²) in [5.74, 6) is 0.632. The molecule has 130 valence electrons. The maximum Gasteiger partial charge on any atom is 0.308 e. The second kappa shape index (κ2) is 7.36. The third-order valence-corrected chi connectivity index (χ3v) is 3.93. The van der Waals surface area contributed by atoms with Crippen LogP contribution in [-0.4, -0.2) is 23.7 Å². The zero-order valence-corrected chi connectivity index (χ0v) is 13.7. The molecule has 6 nitrogen and oxygen atoms in total. The number of rotatable bonds is 5. The van der Waals surface area contributed by atoms with Gasteiger partial charge in [0.05, 0.1) is 6.10 Å². The zero-order chi connectivity index (χ0) is 17.8. The maximum absolute atomic E-state index is 11.1. The van der Waals surface area contributed by atoms with E-state index in [0.717, 1.165) is 11.1 Å². The fourth-order valence-electron chi connectivity index (χ4n) is 2.86. The summed E-state index contributed by atoms with van der Waals surface area (Å²) < 4.78 is 15.8. The molecule has 3 rings (SSSR count). The first-order valence-electron chi connectivity index (χ1n) is 7.87. The summed E-state index contributed by atoms with van der Waals surface area (Å²) in [7, 11) is 0. The van der Waals surface area contributed by atoms with Crippen LogP contribution >= 0.6 is 0 Å². The van der Waals surface area contributed by atoms with Crippen molar-refractivity contribution < 1.29 is 28.9 Å². The Balaban J connectivity index is 1.85. The molecule has 0 saturated heterocycles. The number of hydrogen-bond acceptors (Lipinski definition) is 6. The first-order chi connectivity index (χ1) is 12.1. The molecule has 0 saturated carbocycles. The molecular weight excluding hydrogens is 324 g/mol. The minimum atomic E-state index is -0.725. The SMILES string of the molecule is CC(=O)Oc1cccc([C@H]2Oc3cc(COC=O)ccc3C[C@H]2O)c1. The second-order valence-electron chi connectivity index (χ2n) is 5.83. The Kier molecular flexibility index (Phi) is 5.00. The summed E-state index contributed by atoms with van der Waals surface area (Å²) in [6, 6.07) is 12.4. The molecule has 6 heteroatoms. The monoisotopic (exact) mass is 342 g/mol. The average molecular weight is 342 g/mol. The third kappa shape index (κ3) is 3.97. The number of esters is 1. The molecule has 2 atom stereocenters. The van der Waals surface area contributed by atoms with Gasteiger partial charge in [-0.3, -0.25) is 9.59 Å². The topological polar surface area (TPSA) is 82.1 Å². The third-order valence-electron chi connectivity index (χ3n) is 3.93. The van der Waals surface area contributed by atoms with Crippen LogP contribution < -0.4 is 9.47 Å². The Labute approximate surface area is 144 Å². The molecular formula is C19H18O6. The van der Waals surface area contributed by atoms with Crippen LogP contribution in [0.15, 0.2) is 42.5 Å². The van der Waals surface area contributed by atoms with E-state index in [9.17, 15) is 14.7 Å². The smallest absolute Gasteiger partial charge is 0.308 e. The average Bonchev–Trinajstić information content (AvgIpc) is 2.59. The van der Waals surface area contributed by atoms with Gasteiger partial charge in [-0.25, -0.2) is 0 Å². The molecule has 0 unspecified atom stereocenters. The molecule has 1 aliphatic heterocycles. The van der Waals surface area contributed by atoms with Crippen molar-refractivity contribution in [3.63, 3.8) is 0 Å². The molecule has 25 heavy (non-hydrogen) atoms. The number of carbonyl (C=O) groups excluding carboxylic acids is 2. The van der Waals surface area contributed by atoms with Crippen molar-refractivity contribution in [2.45, 2.75) is 32.2 Å². The van der Waals surface area contributed by atoms with Gasteiger partial charge in [0.1, 0.15) is 24.2 Å². The number of ether oxygens (including phenoxy) is 3. The van der Waals surface area contributed by atoms with Crippen LogP contribution in [0.3, 0.4) is 0 Å². The highest BCUT2D eigenvalue weighted by molar-refractivity contribution is 5.69. The van der Waals surface area contributed by atoms with Crippen LogP contribution in [0.2, 0.25) is 0 Å². The highest BCUT2D eigenvalue weighted by Crippen LogP contribution is 2.36. The van der Waals surface area contributed by atoms with Gasteiger partial charge in [0.15, 0.2) is 0 Å². The zero-order valence-electron chi connectivity index (χ0n) is 13.7. The summed E-state index contributed by atoms with van der Waals surface area (Å²) in [5, 5.41) is 10.4. The van der Waals surface area contributed by atoms with Gasteiger partial charge in [-0.15, -0.1) is 0 Å². The number of fused-ring (bicyclic) bond motifs is 1. The Morgan fingerprint density at radius 2 is 2.16 bits per heavy atom. The van der Waals surface area contributed by atoms with Gasteiger partial charge < -0.3 is 19.3 Å². The first kappa shape index (κ1) is 17.0. The highest BCUT2D eigenvalue weighted by atomic mass is 16.5. The largest absolute Gasteiger partial charge is 0.483 e. The van der Waals surface area contributed by atoms with Gasteiger partial charge in [0, 0.05) is 13.3 Å². The fourth-order valence-corrected chi connectivity index (χ4v) is 2.86. The number of aliphatic hydroxyl groups excluding tert-OH is 1. The van der Waals surface area contributed by atoms with E-state index in [1.54, 1.807) is 24.3 Å². The molecule has 0 fully saturated rings. The predicted molar refractivity (Wildman–Crippen MR) is 88.1 cm³/mol. The van der Waals surface area contributed by atoms with Crippen LogP contribution in [0.5, 0.6) is 11.5 Å². The molecule has 0 bridgehead atoms. The fraction of sp³-hybridized carbons (Fsp3) is 0.263. The van der Waals surface area contributed by atoms with Crippen LogP contribution in [0.1, 0.15) is 29.7 Å². The van der Waals surface area contributed by atoms with E-state index in [4.69, 9.17) is 14.2 Å². The van der Waals surface area contributed by atoms with E-state index < -0.39 is 18.2 Å². The van der Waals surface area contributed by atoms with Gasteiger partial charge in [0.25, 0.3) is 6.47 Å². The van der Waals surface area contributed by atoms with E-state index in [-0.39, 0.29) is 6.61 Å². The van der Waals surface area contributed by atoms with Gasteiger partial charge in [-0.2, -0.15) is 0 Å². The van der Waals surface area contributed by atoms with Crippen LogP contribution in [0.25, 0.3) is 0 Å². The number of benzene rings is 2. The van der Waals surface area contributed by atoms with Crippen LogP contribution in [-0.2, 0) is 27.4 Å². The molecule has 0 spiro atoms. The summed E-state index contributed by atoms with van der Waals surface area (Å²) in [4.78, 5) is 21.4. The maximum atomic E-state index is 11.1. The number of aliphatic hydroxyl groups is 1. The molecule has 0 radical (unpaired) electrons. The molecule has 1 heterocycles. The Morgan fingerprint density at radius 3 is 2.92 bits per heavy atom. The van der Waals surface area contributed by atoms with Gasteiger partial charge in [-0.1, -0.05) is 24.3 Å². The van der Waals surface area contributed by atoms with Crippen LogP contribution in [0, 0.1) is 0 Å². The summed E-state index contributed by atoms with van der Waals surface area (Å²) >= 11 is 0. The molecule has 1 aliphatic rings. The summed E-state index contributed by atoms with van der Waals surface area (Å²) in [6.45, 7) is 1.89. The van der Waals surface area contributed by atoms with Crippen molar-refractivity contribution in [2.24, 2.45) is 0 Å². The minimum absolute atomic E-state index is 0.162. The van der Waals surface area contributed by atoms with Gasteiger partial charge in [-0.05, 0) is 34.9 Å². The standard InChI is InChI=1S/C19H18O6/c1-12(21)24-16-4-2-3-15(8-16)19-17(22)9-14-6-5-13(10-23-11-20)7-18(14)25-19/h2-8,11,17,19,22H,9-10H2,1H3/t17-,19-/m1/s1. The van der Waals surface area contributed by atoms with Crippen molar-refractivity contribution in [1.82, 2.24) is 0 Å². The molecule has 1 N–H and O–H groups in total. The predicted octanol–water partition coefficient (Wildman–Crippen LogP) is 2.32. The van der Waals surface area contributed by atoms with Crippen molar-refractivity contribution in [3.8, 4) is 11.5 Å². The lowest BCUT2D eigenvalue weighted by Crippen LogP contribution is -2.30. The number of hydrogen-bond donors (Lipinski definition) is 1. The normalized spacial score (nSPS) is 18.6. The van der Waals surface area contributed by atoms with E-state index in [1.807, 2.05) is 18.2 Å². The highest BCUT2D eigenvalue weighted by Gasteiger charge is 2.30. The molecule has 2 aromatic rings. The van der Waals surface area contributed by atoms with Gasteiger partial charge >= 0.3 is 5.97 Å². The van der Waals surface area contributed by atoms with E-state index in [1.165, 1.54) is 6.92 Å². The van der Waals surface area contributed by atoms with Crippen molar-refractivity contribution in [2.75, 3.05) is 0 Å². The Hall–Kier alpha value is -2.86. The Bertz CT molecular complexity index is 785. The lowest BCUT2D eigenvalue weighted by molar-refractivity contribution is -0.132. The van der Waals surface area contributed by atoms with Crippen molar-refractivity contribution in [1.29, 1.82) is 0 Å².